The van der Waals surface area contributed by atoms with Crippen LogP contribution in [0.5, 0.6) is 0 Å². The highest BCUT2D eigenvalue weighted by Gasteiger charge is 2.44. The molecular formula is C22H26N8O2. The van der Waals surface area contributed by atoms with E-state index in [4.69, 9.17) is 9.72 Å². The van der Waals surface area contributed by atoms with Gasteiger partial charge in [-0.2, -0.15) is 5.10 Å². The van der Waals surface area contributed by atoms with E-state index in [0.29, 0.717) is 19.2 Å². The highest BCUT2D eigenvalue weighted by molar-refractivity contribution is 5.46. The van der Waals surface area contributed by atoms with Crippen molar-refractivity contribution in [3.8, 4) is 5.82 Å². The maximum absolute atomic E-state index is 12.8. The molecule has 0 amide bonds. The maximum Gasteiger partial charge on any atom is 0.255 e. The number of H-pyrrole nitrogens is 1. The van der Waals surface area contributed by atoms with Gasteiger partial charge in [0.1, 0.15) is 12.1 Å². The molecule has 0 atom stereocenters. The van der Waals surface area contributed by atoms with Gasteiger partial charge in [0.25, 0.3) is 5.56 Å². The molecule has 1 aliphatic carbocycles. The van der Waals surface area contributed by atoms with Gasteiger partial charge in [0.2, 0.25) is 5.95 Å². The van der Waals surface area contributed by atoms with E-state index in [-0.39, 0.29) is 11.0 Å². The molecule has 3 aromatic heterocycles. The fraction of sp³-hybridized carbons (Fsp3) is 0.500. The third-order valence-corrected chi connectivity index (χ3v) is 7.09. The summed E-state index contributed by atoms with van der Waals surface area (Å²) in [6.07, 6.45) is 8.92. The van der Waals surface area contributed by atoms with E-state index in [0.717, 1.165) is 74.8 Å². The Morgan fingerprint density at radius 3 is 2.59 bits per heavy atom. The summed E-state index contributed by atoms with van der Waals surface area (Å²) >= 11 is 0. The van der Waals surface area contributed by atoms with Crippen molar-refractivity contribution in [3.05, 3.63) is 52.5 Å². The molecule has 6 rings (SSSR count). The highest BCUT2D eigenvalue weighted by atomic mass is 16.5. The number of aromatic amines is 1. The summed E-state index contributed by atoms with van der Waals surface area (Å²) in [6, 6.07) is 3.86. The number of piperidine rings is 1. The van der Waals surface area contributed by atoms with Crippen LogP contribution in [0.3, 0.4) is 0 Å². The van der Waals surface area contributed by atoms with E-state index < -0.39 is 0 Å². The van der Waals surface area contributed by atoms with Crippen LogP contribution in [0.25, 0.3) is 5.82 Å². The van der Waals surface area contributed by atoms with Gasteiger partial charge in [-0.25, -0.2) is 19.6 Å². The quantitative estimate of drug-likeness (QED) is 0.653. The van der Waals surface area contributed by atoms with Crippen molar-refractivity contribution in [1.29, 1.82) is 0 Å². The Hall–Kier alpha value is -3.27. The molecule has 0 unspecified atom stereocenters. The summed E-state index contributed by atoms with van der Waals surface area (Å²) < 4.78 is 7.20. The second kappa shape index (κ2) is 7.70. The topological polar surface area (TPSA) is 105 Å². The SMILES string of the molecule is O=c1[nH]c(N2CCOCC2)nc2c1CCC21CCN(c2cc(-n3cccn3)ncn2)CC1. The van der Waals surface area contributed by atoms with Crippen LogP contribution in [-0.2, 0) is 16.6 Å². The van der Waals surface area contributed by atoms with E-state index in [1.165, 1.54) is 0 Å². The fourth-order valence-corrected chi connectivity index (χ4v) is 5.25. The normalized spacial score (nSPS) is 20.0. The van der Waals surface area contributed by atoms with Gasteiger partial charge in [-0.05, 0) is 31.7 Å². The molecule has 32 heavy (non-hydrogen) atoms. The molecule has 0 aromatic carbocycles. The summed E-state index contributed by atoms with van der Waals surface area (Å²) in [6.45, 7) is 4.59. The minimum Gasteiger partial charge on any atom is -0.378 e. The first kappa shape index (κ1) is 19.4. The Morgan fingerprint density at radius 2 is 1.81 bits per heavy atom. The van der Waals surface area contributed by atoms with Crippen LogP contribution >= 0.6 is 0 Å². The van der Waals surface area contributed by atoms with Gasteiger partial charge >= 0.3 is 0 Å². The zero-order valence-corrected chi connectivity index (χ0v) is 17.9. The standard InChI is InChI=1S/C22H26N8O2/c31-20-16-2-3-22(19(16)26-21(27-20)29-10-12-32-13-11-29)4-8-28(9-5-22)17-14-18(24-15-23-17)30-7-1-6-25-30/h1,6-7,14-15H,2-5,8-13H2,(H,26,27,31). The van der Waals surface area contributed by atoms with E-state index in [9.17, 15) is 4.79 Å². The van der Waals surface area contributed by atoms with E-state index >= 15 is 0 Å². The first-order chi connectivity index (χ1) is 15.7. The molecular weight excluding hydrogens is 408 g/mol. The number of ether oxygens (including phenoxy) is 1. The van der Waals surface area contributed by atoms with Gasteiger partial charge < -0.3 is 14.5 Å². The summed E-state index contributed by atoms with van der Waals surface area (Å²) in [7, 11) is 0. The highest BCUT2D eigenvalue weighted by Crippen LogP contribution is 2.45. The lowest BCUT2D eigenvalue weighted by atomic mass is 9.76. The monoisotopic (exact) mass is 434 g/mol. The van der Waals surface area contributed by atoms with Crippen LogP contribution in [0.2, 0.25) is 0 Å². The van der Waals surface area contributed by atoms with Gasteiger partial charge in [0.15, 0.2) is 5.82 Å². The van der Waals surface area contributed by atoms with Crippen LogP contribution in [0.15, 0.2) is 35.6 Å². The van der Waals surface area contributed by atoms with Gasteiger partial charge in [-0.1, -0.05) is 0 Å². The van der Waals surface area contributed by atoms with Crippen LogP contribution in [0, 0.1) is 0 Å². The zero-order valence-electron chi connectivity index (χ0n) is 17.9. The Kier molecular flexibility index (Phi) is 4.67. The minimum absolute atomic E-state index is 0.0236. The predicted molar refractivity (Wildman–Crippen MR) is 118 cm³/mol. The second-order valence-corrected chi connectivity index (χ2v) is 8.77. The Bertz CT molecular complexity index is 1160. The summed E-state index contributed by atoms with van der Waals surface area (Å²) in [5.74, 6) is 2.36. The molecule has 0 bridgehead atoms. The van der Waals surface area contributed by atoms with Gasteiger partial charge in [0.05, 0.1) is 18.9 Å². The lowest BCUT2D eigenvalue weighted by Crippen LogP contribution is -2.43. The fourth-order valence-electron chi connectivity index (χ4n) is 5.25. The summed E-state index contributed by atoms with van der Waals surface area (Å²) in [5, 5.41) is 4.27. The number of aromatic nitrogens is 6. The average molecular weight is 435 g/mol. The lowest BCUT2D eigenvalue weighted by Gasteiger charge is -2.40. The van der Waals surface area contributed by atoms with Crippen molar-refractivity contribution in [3.63, 3.8) is 0 Å². The summed E-state index contributed by atoms with van der Waals surface area (Å²) in [4.78, 5) is 34.2. The molecule has 5 heterocycles. The van der Waals surface area contributed by atoms with Crippen molar-refractivity contribution in [1.82, 2.24) is 29.7 Å². The van der Waals surface area contributed by atoms with Gasteiger partial charge in [-0.3, -0.25) is 9.78 Å². The number of nitrogens with zero attached hydrogens (tertiary/aromatic N) is 7. The minimum atomic E-state index is -0.0288. The van der Waals surface area contributed by atoms with Crippen molar-refractivity contribution < 1.29 is 4.74 Å². The zero-order chi connectivity index (χ0) is 21.5. The maximum atomic E-state index is 12.8. The predicted octanol–water partition coefficient (Wildman–Crippen LogP) is 1.07. The van der Waals surface area contributed by atoms with Crippen molar-refractivity contribution in [2.75, 3.05) is 49.2 Å². The van der Waals surface area contributed by atoms with Gasteiger partial charge in [0, 0.05) is 55.6 Å². The molecule has 1 N–H and O–H groups in total. The molecule has 0 radical (unpaired) electrons. The second-order valence-electron chi connectivity index (χ2n) is 8.77. The first-order valence-electron chi connectivity index (χ1n) is 11.3. The molecule has 3 aliphatic rings. The Labute approximate surface area is 185 Å². The first-order valence-corrected chi connectivity index (χ1v) is 11.3. The molecule has 3 aromatic rings. The summed E-state index contributed by atoms with van der Waals surface area (Å²) in [5.41, 5.74) is 1.88. The third-order valence-electron chi connectivity index (χ3n) is 7.09. The number of nitrogens with one attached hydrogen (secondary N) is 1. The van der Waals surface area contributed by atoms with Crippen LogP contribution in [0.4, 0.5) is 11.8 Å². The van der Waals surface area contributed by atoms with Crippen molar-refractivity contribution in [2.24, 2.45) is 0 Å². The molecule has 10 heteroatoms. The largest absolute Gasteiger partial charge is 0.378 e. The number of hydrogen-bond acceptors (Lipinski definition) is 8. The van der Waals surface area contributed by atoms with E-state index in [2.05, 4.69) is 29.9 Å². The molecule has 2 aliphatic heterocycles. The number of anilines is 2. The molecule has 10 nitrogen and oxygen atoms in total. The molecule has 2 saturated heterocycles. The molecule has 166 valence electrons. The average Bonchev–Trinajstić information content (AvgIpc) is 3.50. The number of rotatable bonds is 3. The third kappa shape index (κ3) is 3.26. The van der Waals surface area contributed by atoms with Gasteiger partial charge in [-0.15, -0.1) is 0 Å². The molecule has 2 fully saturated rings. The Morgan fingerprint density at radius 1 is 1.00 bits per heavy atom. The van der Waals surface area contributed by atoms with Crippen molar-refractivity contribution in [2.45, 2.75) is 31.1 Å². The van der Waals surface area contributed by atoms with Crippen LogP contribution < -0.4 is 15.4 Å². The smallest absolute Gasteiger partial charge is 0.255 e. The number of morpholine rings is 1. The Balaban J connectivity index is 1.24. The van der Waals surface area contributed by atoms with Crippen LogP contribution in [0.1, 0.15) is 30.5 Å². The number of hydrogen-bond donors (Lipinski definition) is 1. The van der Waals surface area contributed by atoms with Crippen molar-refractivity contribution >= 4 is 11.8 Å². The van der Waals surface area contributed by atoms with E-state index in [1.807, 2.05) is 18.3 Å². The number of fused-ring (bicyclic) bond motifs is 2. The van der Waals surface area contributed by atoms with E-state index in [1.54, 1.807) is 17.2 Å². The molecule has 0 saturated carbocycles. The van der Waals surface area contributed by atoms with Crippen LogP contribution in [-0.4, -0.2) is 69.1 Å². The molecule has 1 spiro atoms. The lowest BCUT2D eigenvalue weighted by molar-refractivity contribution is 0.122.